The third-order valence-electron chi connectivity index (χ3n) is 2.97. The van der Waals surface area contributed by atoms with Crippen molar-refractivity contribution in [2.75, 3.05) is 0 Å². The summed E-state index contributed by atoms with van der Waals surface area (Å²) in [5, 5.41) is 0. The SMILES string of the molecule is C=CCC(SC(F)(F)F)(C(=O)OC(C)(C)C)c1ccc(C)cc1. The predicted octanol–water partition coefficient (Wildman–Crippen LogP) is 5.36. The summed E-state index contributed by atoms with van der Waals surface area (Å²) in [5.74, 6) is -0.920. The Morgan fingerprint density at radius 2 is 1.74 bits per heavy atom. The van der Waals surface area contributed by atoms with Gasteiger partial charge in [0.25, 0.3) is 0 Å². The largest absolute Gasteiger partial charge is 0.459 e. The highest BCUT2D eigenvalue weighted by Gasteiger charge is 2.51. The number of esters is 1. The number of carbonyl (C=O) groups excluding carboxylic acids is 1. The topological polar surface area (TPSA) is 26.3 Å². The molecule has 1 atom stereocenters. The van der Waals surface area contributed by atoms with E-state index < -0.39 is 21.8 Å². The molecule has 1 aromatic rings. The van der Waals surface area contributed by atoms with Crippen LogP contribution in [0, 0.1) is 6.92 Å². The molecule has 0 radical (unpaired) electrons. The normalized spacial score (nSPS) is 14.9. The van der Waals surface area contributed by atoms with Crippen molar-refractivity contribution in [3.05, 3.63) is 48.0 Å². The fraction of sp³-hybridized carbons (Fsp3) is 0.471. The lowest BCUT2D eigenvalue weighted by molar-refractivity contribution is -0.158. The Kier molecular flexibility index (Phi) is 5.96. The maximum absolute atomic E-state index is 13.2. The van der Waals surface area contributed by atoms with Gasteiger partial charge in [0.1, 0.15) is 10.3 Å². The second kappa shape index (κ2) is 6.99. The van der Waals surface area contributed by atoms with Gasteiger partial charge in [0.15, 0.2) is 0 Å². The summed E-state index contributed by atoms with van der Waals surface area (Å²) in [6, 6.07) is 6.41. The molecule has 1 rings (SSSR count). The van der Waals surface area contributed by atoms with Crippen molar-refractivity contribution in [2.24, 2.45) is 0 Å². The molecule has 1 unspecified atom stereocenters. The summed E-state index contributed by atoms with van der Waals surface area (Å²) in [6.07, 6.45) is 1.12. The number of hydrogen-bond donors (Lipinski definition) is 0. The van der Waals surface area contributed by atoms with Crippen LogP contribution in [0.1, 0.15) is 38.3 Å². The van der Waals surface area contributed by atoms with Gasteiger partial charge in [0.2, 0.25) is 0 Å². The van der Waals surface area contributed by atoms with E-state index in [1.54, 1.807) is 32.9 Å². The van der Waals surface area contributed by atoms with Gasteiger partial charge in [-0.15, -0.1) is 6.58 Å². The van der Waals surface area contributed by atoms with Crippen molar-refractivity contribution in [3.63, 3.8) is 0 Å². The Bertz CT molecular complexity index is 559. The van der Waals surface area contributed by atoms with E-state index in [2.05, 4.69) is 6.58 Å². The van der Waals surface area contributed by atoms with Crippen LogP contribution in [0.15, 0.2) is 36.9 Å². The first-order chi connectivity index (χ1) is 10.4. The average Bonchev–Trinajstić information content (AvgIpc) is 2.35. The molecule has 1 aromatic carbocycles. The lowest BCUT2D eigenvalue weighted by Gasteiger charge is -2.34. The minimum absolute atomic E-state index is 0.185. The molecule has 128 valence electrons. The highest BCUT2D eigenvalue weighted by atomic mass is 32.2. The van der Waals surface area contributed by atoms with Crippen LogP contribution in [0.4, 0.5) is 13.2 Å². The van der Waals surface area contributed by atoms with E-state index in [0.717, 1.165) is 5.56 Å². The molecule has 0 fully saturated rings. The number of hydrogen-bond acceptors (Lipinski definition) is 3. The van der Waals surface area contributed by atoms with Gasteiger partial charge in [-0.3, -0.25) is 4.79 Å². The molecule has 2 nitrogen and oxygen atoms in total. The highest BCUT2D eigenvalue weighted by molar-refractivity contribution is 8.01. The summed E-state index contributed by atoms with van der Waals surface area (Å²) in [7, 11) is 0. The van der Waals surface area contributed by atoms with Crippen LogP contribution in [-0.2, 0) is 14.3 Å². The van der Waals surface area contributed by atoms with Crippen LogP contribution >= 0.6 is 11.8 Å². The Hall–Kier alpha value is -1.43. The molecule has 0 saturated heterocycles. The third kappa shape index (κ3) is 5.61. The summed E-state index contributed by atoms with van der Waals surface area (Å²) in [6.45, 7) is 10.2. The van der Waals surface area contributed by atoms with E-state index in [0.29, 0.717) is 0 Å². The van der Waals surface area contributed by atoms with Gasteiger partial charge in [-0.1, -0.05) is 35.9 Å². The van der Waals surface area contributed by atoms with Crippen LogP contribution in [-0.4, -0.2) is 17.1 Å². The molecule has 0 heterocycles. The fourth-order valence-corrected chi connectivity index (χ4v) is 3.02. The van der Waals surface area contributed by atoms with Crippen molar-refractivity contribution in [1.29, 1.82) is 0 Å². The van der Waals surface area contributed by atoms with Crippen molar-refractivity contribution >= 4 is 17.7 Å². The van der Waals surface area contributed by atoms with Crippen LogP contribution in [0.3, 0.4) is 0 Å². The number of benzene rings is 1. The molecule has 6 heteroatoms. The molecule has 0 N–H and O–H groups in total. The summed E-state index contributed by atoms with van der Waals surface area (Å²) >= 11 is -0.364. The van der Waals surface area contributed by atoms with Crippen LogP contribution in [0.25, 0.3) is 0 Å². The smallest absolute Gasteiger partial charge is 0.443 e. The number of carbonyl (C=O) groups is 1. The molecule has 0 spiro atoms. The quantitative estimate of drug-likeness (QED) is 0.530. The minimum atomic E-state index is -4.59. The number of allylic oxidation sites excluding steroid dienone is 1. The van der Waals surface area contributed by atoms with Crippen molar-refractivity contribution in [1.82, 2.24) is 0 Å². The third-order valence-corrected chi connectivity index (χ3v) is 4.12. The maximum Gasteiger partial charge on any atom is 0.443 e. The van der Waals surface area contributed by atoms with Crippen molar-refractivity contribution in [3.8, 4) is 0 Å². The zero-order valence-electron chi connectivity index (χ0n) is 13.7. The van der Waals surface area contributed by atoms with Crippen molar-refractivity contribution in [2.45, 2.75) is 50.0 Å². The van der Waals surface area contributed by atoms with Crippen LogP contribution in [0.2, 0.25) is 0 Å². The van der Waals surface area contributed by atoms with E-state index in [4.69, 9.17) is 4.74 Å². The number of ether oxygens (including phenoxy) is 1. The monoisotopic (exact) mass is 346 g/mol. The van der Waals surface area contributed by atoms with E-state index in [9.17, 15) is 18.0 Å². The molecular formula is C17H21F3O2S. The number of halogens is 3. The van der Waals surface area contributed by atoms with Gasteiger partial charge in [0.05, 0.1) is 0 Å². The first kappa shape index (κ1) is 19.6. The Morgan fingerprint density at radius 1 is 1.22 bits per heavy atom. The van der Waals surface area contributed by atoms with Gasteiger partial charge in [-0.25, -0.2) is 0 Å². The van der Waals surface area contributed by atoms with Gasteiger partial charge >= 0.3 is 11.5 Å². The lowest BCUT2D eigenvalue weighted by Crippen LogP contribution is -2.40. The first-order valence-corrected chi connectivity index (χ1v) is 7.90. The Morgan fingerprint density at radius 3 is 2.13 bits per heavy atom. The van der Waals surface area contributed by atoms with E-state index in [1.807, 2.05) is 6.92 Å². The van der Waals surface area contributed by atoms with E-state index >= 15 is 0 Å². The molecule has 0 saturated carbocycles. The summed E-state index contributed by atoms with van der Waals surface area (Å²) < 4.78 is 42.8. The molecule has 0 bridgehead atoms. The van der Waals surface area contributed by atoms with Gasteiger partial charge in [-0.05, 0) is 51.4 Å². The highest BCUT2D eigenvalue weighted by Crippen LogP contribution is 2.50. The zero-order chi connectivity index (χ0) is 17.9. The van der Waals surface area contributed by atoms with Crippen LogP contribution in [0.5, 0.6) is 0 Å². The van der Waals surface area contributed by atoms with Crippen molar-refractivity contribution < 1.29 is 22.7 Å². The molecule has 0 aliphatic heterocycles. The zero-order valence-corrected chi connectivity index (χ0v) is 14.5. The minimum Gasteiger partial charge on any atom is -0.459 e. The van der Waals surface area contributed by atoms with E-state index in [-0.39, 0.29) is 23.7 Å². The molecule has 0 aliphatic rings. The standard InChI is InChI=1S/C17H21F3O2S/c1-6-11-16(23-17(18,19)20,14(21)22-15(3,4)5)13-9-7-12(2)8-10-13/h6-10H,1,11H2,2-5H3. The number of alkyl halides is 3. The molecule has 0 aromatic heterocycles. The summed E-state index contributed by atoms with van der Waals surface area (Å²) in [5.41, 5.74) is -4.34. The average molecular weight is 346 g/mol. The molecule has 0 amide bonds. The number of rotatable bonds is 5. The second-order valence-electron chi connectivity index (χ2n) is 6.24. The Labute approximate surface area is 139 Å². The second-order valence-corrected chi connectivity index (χ2v) is 7.60. The van der Waals surface area contributed by atoms with Gasteiger partial charge < -0.3 is 4.74 Å². The molecule has 23 heavy (non-hydrogen) atoms. The molecular weight excluding hydrogens is 325 g/mol. The first-order valence-electron chi connectivity index (χ1n) is 7.08. The molecule has 0 aliphatic carbocycles. The summed E-state index contributed by atoms with van der Waals surface area (Å²) in [4.78, 5) is 12.6. The van der Waals surface area contributed by atoms with Crippen LogP contribution < -0.4 is 0 Å². The van der Waals surface area contributed by atoms with Gasteiger partial charge in [0, 0.05) is 0 Å². The number of aryl methyl sites for hydroxylation is 1. The van der Waals surface area contributed by atoms with E-state index in [1.165, 1.54) is 18.2 Å². The predicted molar refractivity (Wildman–Crippen MR) is 87.2 cm³/mol. The number of thioether (sulfide) groups is 1. The maximum atomic E-state index is 13.2. The Balaban J connectivity index is 3.44. The fourth-order valence-electron chi connectivity index (χ4n) is 2.05. The lowest BCUT2D eigenvalue weighted by atomic mass is 9.93. The van der Waals surface area contributed by atoms with Gasteiger partial charge in [-0.2, -0.15) is 13.2 Å².